The number of hydrogen-bond donors (Lipinski definition) is 3. The fourth-order valence-corrected chi connectivity index (χ4v) is 2.77. The molecule has 1 aromatic heterocycles. The summed E-state index contributed by atoms with van der Waals surface area (Å²) in [4.78, 5) is 27.9. The monoisotopic (exact) mass is 391 g/mol. The van der Waals surface area contributed by atoms with E-state index in [0.717, 1.165) is 16.9 Å². The molecule has 1 saturated heterocycles. The largest absolute Gasteiger partial charge is 0.497 e. The Morgan fingerprint density at radius 3 is 2.59 bits per heavy atom. The van der Waals surface area contributed by atoms with Gasteiger partial charge in [0.05, 0.1) is 7.11 Å². The van der Waals surface area contributed by atoms with Crippen LogP contribution in [0.2, 0.25) is 0 Å². The van der Waals surface area contributed by atoms with Crippen LogP contribution >= 0.6 is 0 Å². The van der Waals surface area contributed by atoms with Crippen LogP contribution < -0.4 is 15.4 Å². The van der Waals surface area contributed by atoms with Gasteiger partial charge in [0.15, 0.2) is 6.23 Å². The molecule has 1 fully saturated rings. The summed E-state index contributed by atoms with van der Waals surface area (Å²) in [6.07, 6.45) is 2.37. The summed E-state index contributed by atoms with van der Waals surface area (Å²) in [7, 11) is 1.60. The standard InChI is InChI=1S/C20H17N5O4/c1-28-15-8-2-12(3-9-15)10-16-20(27)29-19(24-16)13-4-6-14(7-5-13)23-18(26)17-21-11-22-25-17/h2-11,19,24H,1H3,(H,23,26)(H,21,22,25)/b16-10-/t19-/m0/s1. The van der Waals surface area contributed by atoms with Gasteiger partial charge in [0.2, 0.25) is 5.82 Å². The molecule has 2 heterocycles. The molecule has 0 aliphatic carbocycles. The number of benzene rings is 2. The normalized spacial score (nSPS) is 16.9. The highest BCUT2D eigenvalue weighted by Crippen LogP contribution is 2.26. The van der Waals surface area contributed by atoms with E-state index in [0.29, 0.717) is 11.4 Å². The number of aromatic nitrogens is 3. The van der Waals surface area contributed by atoms with Crippen LogP contribution in [-0.4, -0.2) is 34.2 Å². The van der Waals surface area contributed by atoms with E-state index in [4.69, 9.17) is 9.47 Å². The zero-order valence-electron chi connectivity index (χ0n) is 15.4. The van der Waals surface area contributed by atoms with Crippen molar-refractivity contribution in [3.05, 3.63) is 77.5 Å². The van der Waals surface area contributed by atoms with Crippen molar-refractivity contribution in [2.45, 2.75) is 6.23 Å². The number of nitrogens with one attached hydrogen (secondary N) is 3. The predicted molar refractivity (Wildman–Crippen MR) is 104 cm³/mol. The quantitative estimate of drug-likeness (QED) is 0.451. The van der Waals surface area contributed by atoms with Gasteiger partial charge in [-0.3, -0.25) is 9.89 Å². The number of rotatable bonds is 5. The van der Waals surface area contributed by atoms with Crippen molar-refractivity contribution in [1.29, 1.82) is 0 Å². The highest BCUT2D eigenvalue weighted by atomic mass is 16.6. The zero-order valence-corrected chi connectivity index (χ0v) is 15.4. The second-order valence-corrected chi connectivity index (χ2v) is 6.17. The highest BCUT2D eigenvalue weighted by molar-refractivity contribution is 6.01. The Morgan fingerprint density at radius 1 is 1.17 bits per heavy atom. The predicted octanol–water partition coefficient (Wildman–Crippen LogP) is 2.25. The van der Waals surface area contributed by atoms with Gasteiger partial charge < -0.3 is 20.1 Å². The lowest BCUT2D eigenvalue weighted by Gasteiger charge is -2.11. The minimum absolute atomic E-state index is 0.119. The van der Waals surface area contributed by atoms with Crippen molar-refractivity contribution >= 4 is 23.6 Å². The Morgan fingerprint density at radius 2 is 1.93 bits per heavy atom. The molecule has 9 heteroatoms. The molecule has 1 atom stereocenters. The lowest BCUT2D eigenvalue weighted by Crippen LogP contribution is -2.15. The SMILES string of the molecule is COc1ccc(/C=C2\N[C@H](c3ccc(NC(=O)c4ncn[nH]4)cc3)OC2=O)cc1. The number of hydrogen-bond acceptors (Lipinski definition) is 7. The third-order valence-electron chi connectivity index (χ3n) is 4.26. The van der Waals surface area contributed by atoms with Crippen LogP contribution in [0, 0.1) is 0 Å². The number of ether oxygens (including phenoxy) is 2. The second-order valence-electron chi connectivity index (χ2n) is 6.17. The molecule has 3 aromatic rings. The third kappa shape index (κ3) is 4.08. The highest BCUT2D eigenvalue weighted by Gasteiger charge is 2.29. The molecule has 0 spiro atoms. The first-order valence-electron chi connectivity index (χ1n) is 8.72. The van der Waals surface area contributed by atoms with Gasteiger partial charge in [0.1, 0.15) is 17.8 Å². The second kappa shape index (κ2) is 7.85. The Kier molecular flexibility index (Phi) is 4.93. The molecular formula is C20H17N5O4. The first-order valence-corrected chi connectivity index (χ1v) is 8.72. The van der Waals surface area contributed by atoms with Crippen LogP contribution in [0.4, 0.5) is 5.69 Å². The van der Waals surface area contributed by atoms with Crippen LogP contribution in [0.25, 0.3) is 6.08 Å². The van der Waals surface area contributed by atoms with E-state index in [1.807, 2.05) is 24.3 Å². The minimum Gasteiger partial charge on any atom is -0.497 e. The number of aromatic amines is 1. The average Bonchev–Trinajstić information content (AvgIpc) is 3.40. The van der Waals surface area contributed by atoms with Crippen molar-refractivity contribution in [1.82, 2.24) is 20.5 Å². The average molecular weight is 391 g/mol. The van der Waals surface area contributed by atoms with Gasteiger partial charge >= 0.3 is 5.97 Å². The number of carbonyl (C=O) groups excluding carboxylic acids is 2. The minimum atomic E-state index is -0.606. The number of carbonyl (C=O) groups is 2. The molecule has 3 N–H and O–H groups in total. The molecule has 2 aromatic carbocycles. The number of anilines is 1. The number of nitrogens with zero attached hydrogens (tertiary/aromatic N) is 2. The first-order chi connectivity index (χ1) is 14.1. The molecule has 1 amide bonds. The van der Waals surface area contributed by atoms with E-state index < -0.39 is 18.1 Å². The van der Waals surface area contributed by atoms with E-state index in [1.54, 1.807) is 37.5 Å². The Labute approximate surface area is 165 Å². The van der Waals surface area contributed by atoms with Gasteiger partial charge in [0, 0.05) is 11.3 Å². The van der Waals surface area contributed by atoms with Gasteiger partial charge in [-0.2, -0.15) is 5.10 Å². The Bertz CT molecular complexity index is 1040. The Hall–Kier alpha value is -4.14. The van der Waals surface area contributed by atoms with Crippen LogP contribution in [0.3, 0.4) is 0 Å². The maximum atomic E-state index is 12.2. The summed E-state index contributed by atoms with van der Waals surface area (Å²) >= 11 is 0. The van der Waals surface area contributed by atoms with Crippen molar-refractivity contribution in [3.8, 4) is 5.75 Å². The van der Waals surface area contributed by atoms with Crippen molar-refractivity contribution < 1.29 is 19.1 Å². The van der Waals surface area contributed by atoms with Gasteiger partial charge in [-0.05, 0) is 35.9 Å². The van der Waals surface area contributed by atoms with E-state index in [-0.39, 0.29) is 5.82 Å². The van der Waals surface area contributed by atoms with Gasteiger partial charge in [-0.25, -0.2) is 9.78 Å². The van der Waals surface area contributed by atoms with Crippen LogP contribution in [0.15, 0.2) is 60.6 Å². The number of amides is 1. The number of H-pyrrole nitrogens is 1. The number of esters is 1. The third-order valence-corrected chi connectivity index (χ3v) is 4.26. The number of methoxy groups -OCH3 is 1. The molecule has 1 aliphatic rings. The summed E-state index contributed by atoms with van der Waals surface area (Å²) in [5.74, 6) is 0.0233. The maximum Gasteiger partial charge on any atom is 0.356 e. The molecule has 0 unspecified atom stereocenters. The van der Waals surface area contributed by atoms with E-state index in [2.05, 4.69) is 25.8 Å². The van der Waals surface area contributed by atoms with Crippen molar-refractivity contribution in [2.75, 3.05) is 12.4 Å². The van der Waals surface area contributed by atoms with Crippen molar-refractivity contribution in [3.63, 3.8) is 0 Å². The summed E-state index contributed by atoms with van der Waals surface area (Å²) < 4.78 is 10.5. The van der Waals surface area contributed by atoms with E-state index in [9.17, 15) is 9.59 Å². The molecule has 9 nitrogen and oxygen atoms in total. The molecule has 0 bridgehead atoms. The van der Waals surface area contributed by atoms with Gasteiger partial charge in [-0.1, -0.05) is 24.3 Å². The summed E-state index contributed by atoms with van der Waals surface area (Å²) in [6, 6.07) is 14.3. The van der Waals surface area contributed by atoms with Crippen LogP contribution in [0.1, 0.15) is 28.0 Å². The molecular weight excluding hydrogens is 374 g/mol. The van der Waals surface area contributed by atoms with Gasteiger partial charge in [0.25, 0.3) is 5.91 Å². The molecule has 0 radical (unpaired) electrons. The molecule has 146 valence electrons. The number of cyclic esters (lactones) is 1. The fraction of sp³-hybridized carbons (Fsp3) is 0.100. The Balaban J connectivity index is 1.43. The molecule has 29 heavy (non-hydrogen) atoms. The lowest BCUT2D eigenvalue weighted by atomic mass is 10.1. The van der Waals surface area contributed by atoms with Crippen LogP contribution in [0.5, 0.6) is 5.75 Å². The molecule has 1 aliphatic heterocycles. The fourth-order valence-electron chi connectivity index (χ4n) is 2.77. The molecule has 4 rings (SSSR count). The topological polar surface area (TPSA) is 118 Å². The lowest BCUT2D eigenvalue weighted by molar-refractivity contribution is -0.139. The van der Waals surface area contributed by atoms with E-state index >= 15 is 0 Å². The van der Waals surface area contributed by atoms with Crippen molar-refractivity contribution in [2.24, 2.45) is 0 Å². The first kappa shape index (κ1) is 18.2. The summed E-state index contributed by atoms with van der Waals surface area (Å²) in [5.41, 5.74) is 2.53. The van der Waals surface area contributed by atoms with Gasteiger partial charge in [-0.15, -0.1) is 0 Å². The smallest absolute Gasteiger partial charge is 0.356 e. The summed E-state index contributed by atoms with van der Waals surface area (Å²) in [5, 5.41) is 11.9. The maximum absolute atomic E-state index is 12.2. The summed E-state index contributed by atoms with van der Waals surface area (Å²) in [6.45, 7) is 0. The van der Waals surface area contributed by atoms with Crippen LogP contribution in [-0.2, 0) is 9.53 Å². The molecule has 0 saturated carbocycles. The zero-order chi connectivity index (χ0) is 20.2. The van der Waals surface area contributed by atoms with E-state index in [1.165, 1.54) is 6.33 Å².